The van der Waals surface area contributed by atoms with Crippen LogP contribution in [0.1, 0.15) is 23.6 Å². The van der Waals surface area contributed by atoms with Gasteiger partial charge in [0, 0.05) is 44.8 Å². The van der Waals surface area contributed by atoms with Gasteiger partial charge in [0.25, 0.3) is 0 Å². The van der Waals surface area contributed by atoms with E-state index in [2.05, 4.69) is 38.2 Å². The second-order valence-corrected chi connectivity index (χ2v) is 6.19. The second-order valence-electron chi connectivity index (χ2n) is 6.19. The molecule has 0 spiro atoms. The smallest absolute Gasteiger partial charge is 0.238 e. The molecular formula is C18H23N5O. The van der Waals surface area contributed by atoms with E-state index >= 15 is 0 Å². The molecule has 3 rings (SSSR count). The van der Waals surface area contributed by atoms with Gasteiger partial charge in [0.15, 0.2) is 0 Å². The highest BCUT2D eigenvalue weighted by Crippen LogP contribution is 2.21. The summed E-state index contributed by atoms with van der Waals surface area (Å²) < 4.78 is 0. The van der Waals surface area contributed by atoms with Gasteiger partial charge in [0.2, 0.25) is 5.91 Å². The highest BCUT2D eigenvalue weighted by molar-refractivity contribution is 5.82. The van der Waals surface area contributed by atoms with Gasteiger partial charge in [-0.3, -0.25) is 9.78 Å². The van der Waals surface area contributed by atoms with Gasteiger partial charge >= 0.3 is 0 Å². The SMILES string of the molecule is CN(C)c1ccc(CNC(=O)C2CC(c3cccnc3)NN2)cc1. The van der Waals surface area contributed by atoms with Crippen molar-refractivity contribution in [2.75, 3.05) is 19.0 Å². The molecule has 2 heterocycles. The lowest BCUT2D eigenvalue weighted by Crippen LogP contribution is -2.42. The zero-order valence-electron chi connectivity index (χ0n) is 14.0. The molecule has 0 radical (unpaired) electrons. The maximum atomic E-state index is 12.3. The van der Waals surface area contributed by atoms with Crippen molar-refractivity contribution in [3.63, 3.8) is 0 Å². The van der Waals surface area contributed by atoms with Crippen LogP contribution in [0.15, 0.2) is 48.8 Å². The molecule has 1 fully saturated rings. The van der Waals surface area contributed by atoms with Gasteiger partial charge in [-0.2, -0.15) is 0 Å². The van der Waals surface area contributed by atoms with Crippen molar-refractivity contribution < 1.29 is 4.79 Å². The van der Waals surface area contributed by atoms with Crippen LogP contribution in [0.25, 0.3) is 0 Å². The molecule has 1 aromatic carbocycles. The molecular weight excluding hydrogens is 302 g/mol. The average molecular weight is 325 g/mol. The Balaban J connectivity index is 1.51. The summed E-state index contributed by atoms with van der Waals surface area (Å²) in [6.07, 6.45) is 4.28. The van der Waals surface area contributed by atoms with Gasteiger partial charge < -0.3 is 10.2 Å². The Morgan fingerprint density at radius 1 is 1.25 bits per heavy atom. The Hall–Kier alpha value is -2.44. The van der Waals surface area contributed by atoms with Crippen LogP contribution in [0.5, 0.6) is 0 Å². The van der Waals surface area contributed by atoms with Crippen molar-refractivity contribution in [2.45, 2.75) is 25.0 Å². The predicted molar refractivity (Wildman–Crippen MR) is 94.3 cm³/mol. The molecule has 0 bridgehead atoms. The van der Waals surface area contributed by atoms with Crippen molar-refractivity contribution in [1.82, 2.24) is 21.2 Å². The van der Waals surface area contributed by atoms with Gasteiger partial charge in [0.05, 0.1) is 0 Å². The molecule has 1 amide bonds. The van der Waals surface area contributed by atoms with Crippen molar-refractivity contribution in [3.8, 4) is 0 Å². The van der Waals surface area contributed by atoms with E-state index in [1.807, 2.05) is 44.6 Å². The van der Waals surface area contributed by atoms with E-state index in [4.69, 9.17) is 0 Å². The Labute approximate surface area is 142 Å². The summed E-state index contributed by atoms with van der Waals surface area (Å²) in [6.45, 7) is 0.530. The Bertz CT molecular complexity index is 672. The number of hydrogen-bond donors (Lipinski definition) is 3. The summed E-state index contributed by atoms with van der Waals surface area (Å²) in [6, 6.07) is 12.0. The third kappa shape index (κ3) is 3.90. The lowest BCUT2D eigenvalue weighted by atomic mass is 10.0. The van der Waals surface area contributed by atoms with E-state index < -0.39 is 0 Å². The number of nitrogens with one attached hydrogen (secondary N) is 3. The van der Waals surface area contributed by atoms with Gasteiger partial charge in [-0.25, -0.2) is 10.9 Å². The monoisotopic (exact) mass is 325 g/mol. The van der Waals surface area contributed by atoms with Crippen molar-refractivity contribution in [1.29, 1.82) is 0 Å². The second kappa shape index (κ2) is 7.42. The highest BCUT2D eigenvalue weighted by atomic mass is 16.2. The van der Waals surface area contributed by atoms with E-state index in [1.165, 1.54) is 0 Å². The predicted octanol–water partition coefficient (Wildman–Crippen LogP) is 1.37. The number of benzene rings is 1. The minimum atomic E-state index is -0.240. The zero-order valence-corrected chi connectivity index (χ0v) is 14.0. The lowest BCUT2D eigenvalue weighted by molar-refractivity contribution is -0.123. The van der Waals surface area contributed by atoms with Crippen LogP contribution < -0.4 is 21.1 Å². The van der Waals surface area contributed by atoms with Gasteiger partial charge in [0.1, 0.15) is 6.04 Å². The van der Waals surface area contributed by atoms with Crippen molar-refractivity contribution in [2.24, 2.45) is 0 Å². The van der Waals surface area contributed by atoms with Crippen LogP contribution in [0.3, 0.4) is 0 Å². The van der Waals surface area contributed by atoms with Crippen LogP contribution in [0, 0.1) is 0 Å². The number of pyridine rings is 1. The minimum Gasteiger partial charge on any atom is -0.378 e. The number of rotatable bonds is 5. The number of hydrazine groups is 1. The van der Waals surface area contributed by atoms with E-state index in [1.54, 1.807) is 6.20 Å². The van der Waals surface area contributed by atoms with Gasteiger partial charge in [-0.15, -0.1) is 0 Å². The summed E-state index contributed by atoms with van der Waals surface area (Å²) in [5, 5.41) is 2.99. The molecule has 24 heavy (non-hydrogen) atoms. The fourth-order valence-electron chi connectivity index (χ4n) is 2.75. The maximum Gasteiger partial charge on any atom is 0.238 e. The number of aromatic nitrogens is 1. The van der Waals surface area contributed by atoms with Crippen LogP contribution in [0.4, 0.5) is 5.69 Å². The lowest BCUT2D eigenvalue weighted by Gasteiger charge is -2.14. The van der Waals surface area contributed by atoms with Crippen LogP contribution in [-0.4, -0.2) is 31.0 Å². The Kier molecular flexibility index (Phi) is 5.08. The fraction of sp³-hybridized carbons (Fsp3) is 0.333. The molecule has 1 saturated heterocycles. The zero-order chi connectivity index (χ0) is 16.9. The average Bonchev–Trinajstić information content (AvgIpc) is 3.11. The number of carbonyl (C=O) groups excluding carboxylic acids is 1. The van der Waals surface area contributed by atoms with Crippen LogP contribution in [-0.2, 0) is 11.3 Å². The molecule has 126 valence electrons. The normalized spacial score (nSPS) is 19.9. The molecule has 3 N–H and O–H groups in total. The van der Waals surface area contributed by atoms with Crippen LogP contribution in [0.2, 0.25) is 0 Å². The molecule has 2 unspecified atom stereocenters. The number of hydrogen-bond acceptors (Lipinski definition) is 5. The summed E-state index contributed by atoms with van der Waals surface area (Å²) in [5.41, 5.74) is 9.55. The Morgan fingerprint density at radius 3 is 2.71 bits per heavy atom. The van der Waals surface area contributed by atoms with Crippen LogP contribution >= 0.6 is 0 Å². The number of nitrogens with zero attached hydrogens (tertiary/aromatic N) is 2. The largest absolute Gasteiger partial charge is 0.378 e. The first-order valence-corrected chi connectivity index (χ1v) is 8.08. The maximum absolute atomic E-state index is 12.3. The third-order valence-electron chi connectivity index (χ3n) is 4.23. The van der Waals surface area contributed by atoms with E-state index in [-0.39, 0.29) is 18.0 Å². The van der Waals surface area contributed by atoms with Gasteiger partial charge in [-0.1, -0.05) is 18.2 Å². The van der Waals surface area contributed by atoms with E-state index in [0.29, 0.717) is 13.0 Å². The molecule has 1 aliphatic rings. The van der Waals surface area contributed by atoms with Gasteiger partial charge in [-0.05, 0) is 35.7 Å². The summed E-state index contributed by atoms with van der Waals surface area (Å²) in [7, 11) is 4.02. The molecule has 0 saturated carbocycles. The summed E-state index contributed by atoms with van der Waals surface area (Å²) >= 11 is 0. The third-order valence-corrected chi connectivity index (χ3v) is 4.23. The Morgan fingerprint density at radius 2 is 2.04 bits per heavy atom. The molecule has 6 nitrogen and oxygen atoms in total. The first kappa shape index (κ1) is 16.4. The summed E-state index contributed by atoms with van der Waals surface area (Å²) in [4.78, 5) is 18.5. The van der Waals surface area contributed by atoms with Crippen molar-refractivity contribution >= 4 is 11.6 Å². The first-order valence-electron chi connectivity index (χ1n) is 8.08. The summed E-state index contributed by atoms with van der Waals surface area (Å²) in [5.74, 6) is 0.00516. The molecule has 2 aromatic rings. The standard InChI is InChI=1S/C18H23N5O/c1-23(2)15-7-5-13(6-8-15)11-20-18(24)17-10-16(21-22-17)14-4-3-9-19-12-14/h3-9,12,16-17,21-22H,10-11H2,1-2H3,(H,20,24). The molecule has 0 aliphatic carbocycles. The van der Waals surface area contributed by atoms with Crippen molar-refractivity contribution in [3.05, 3.63) is 59.9 Å². The molecule has 1 aliphatic heterocycles. The quantitative estimate of drug-likeness (QED) is 0.775. The molecule has 1 aromatic heterocycles. The number of amides is 1. The molecule has 2 atom stereocenters. The number of carbonyl (C=O) groups is 1. The topological polar surface area (TPSA) is 69.3 Å². The fourth-order valence-corrected chi connectivity index (χ4v) is 2.75. The minimum absolute atomic E-state index is 0.00516. The van der Waals surface area contributed by atoms with E-state index in [9.17, 15) is 4.79 Å². The number of anilines is 1. The first-order chi connectivity index (χ1) is 11.6. The van der Waals surface area contributed by atoms with E-state index in [0.717, 1.165) is 16.8 Å². The highest BCUT2D eigenvalue weighted by Gasteiger charge is 2.29. The molecule has 6 heteroatoms.